The SMILES string of the molecule is c1ccc(-c2cccc3c2oc2ccc(-c4ccc(N(c5ccc(-c6ccc7c8ccccc8n(-c8ccccc8)c7c6)cc5)c5ccc6c(c5)C5(c7ccccc7-c7ccccc75)c5ccccc5-6)cc4)cc23)cc1. The lowest BCUT2D eigenvalue weighted by molar-refractivity contribution is 0.670. The molecule has 0 saturated carbocycles. The van der Waals surface area contributed by atoms with Gasteiger partial charge in [-0.3, -0.25) is 0 Å². The number of furan rings is 1. The van der Waals surface area contributed by atoms with Crippen LogP contribution in [0, 0.1) is 0 Å². The number of hydrogen-bond acceptors (Lipinski definition) is 2. The fourth-order valence-electron chi connectivity index (χ4n) is 13.1. The van der Waals surface area contributed by atoms with Crippen molar-refractivity contribution in [2.45, 2.75) is 5.41 Å². The van der Waals surface area contributed by atoms with Crippen LogP contribution in [0.25, 0.3) is 105 Å². The van der Waals surface area contributed by atoms with Gasteiger partial charge in [0.05, 0.1) is 16.4 Å². The third-order valence-electron chi connectivity index (χ3n) is 16.4. The Labute approximate surface area is 440 Å². The number of fused-ring (bicyclic) bond motifs is 16. The van der Waals surface area contributed by atoms with Gasteiger partial charge in [0, 0.05) is 49.9 Å². The summed E-state index contributed by atoms with van der Waals surface area (Å²) in [7, 11) is 0. The minimum absolute atomic E-state index is 0.465. The van der Waals surface area contributed by atoms with Gasteiger partial charge in [-0.2, -0.15) is 0 Å². The zero-order valence-corrected chi connectivity index (χ0v) is 41.4. The molecule has 3 heteroatoms. The Balaban J connectivity index is 0.842. The molecule has 0 amide bonds. The minimum atomic E-state index is -0.465. The summed E-state index contributed by atoms with van der Waals surface area (Å²) >= 11 is 0. The predicted molar refractivity (Wildman–Crippen MR) is 315 cm³/mol. The lowest BCUT2D eigenvalue weighted by Crippen LogP contribution is -2.26. The van der Waals surface area contributed by atoms with Gasteiger partial charge < -0.3 is 13.9 Å². The van der Waals surface area contributed by atoms with Crippen molar-refractivity contribution in [1.82, 2.24) is 4.57 Å². The molecule has 2 aromatic heterocycles. The largest absolute Gasteiger partial charge is 0.455 e. The van der Waals surface area contributed by atoms with Gasteiger partial charge in [-0.15, -0.1) is 0 Å². The van der Waals surface area contributed by atoms with E-state index < -0.39 is 5.41 Å². The van der Waals surface area contributed by atoms with Crippen LogP contribution in [0.15, 0.2) is 283 Å². The van der Waals surface area contributed by atoms with E-state index in [1.54, 1.807) is 0 Å². The highest BCUT2D eigenvalue weighted by Gasteiger charge is 2.51. The molecule has 76 heavy (non-hydrogen) atoms. The highest BCUT2D eigenvalue weighted by molar-refractivity contribution is 6.12. The van der Waals surface area contributed by atoms with Crippen LogP contribution in [-0.4, -0.2) is 4.57 Å². The molecule has 16 rings (SSSR count). The Hall–Kier alpha value is -9.96. The van der Waals surface area contributed by atoms with Gasteiger partial charge in [0.1, 0.15) is 11.2 Å². The second kappa shape index (κ2) is 16.5. The molecule has 14 aromatic rings. The van der Waals surface area contributed by atoms with Crippen LogP contribution < -0.4 is 4.90 Å². The van der Waals surface area contributed by atoms with Crippen molar-refractivity contribution < 1.29 is 4.42 Å². The minimum Gasteiger partial charge on any atom is -0.455 e. The molecule has 2 aliphatic carbocycles. The highest BCUT2D eigenvalue weighted by Crippen LogP contribution is 2.63. The molecular formula is C73H46N2O. The Morgan fingerprint density at radius 3 is 1.46 bits per heavy atom. The second-order valence-corrected chi connectivity index (χ2v) is 20.3. The summed E-state index contributed by atoms with van der Waals surface area (Å²) in [6, 6.07) is 102. The van der Waals surface area contributed by atoms with Crippen molar-refractivity contribution in [2.24, 2.45) is 0 Å². The summed E-state index contributed by atoms with van der Waals surface area (Å²) in [5.74, 6) is 0. The summed E-state index contributed by atoms with van der Waals surface area (Å²) in [6.07, 6.45) is 0. The van der Waals surface area contributed by atoms with Crippen LogP contribution in [0.2, 0.25) is 0 Å². The molecule has 0 radical (unpaired) electrons. The van der Waals surface area contributed by atoms with Crippen LogP contribution in [-0.2, 0) is 5.41 Å². The van der Waals surface area contributed by atoms with E-state index in [2.05, 4.69) is 289 Å². The van der Waals surface area contributed by atoms with Gasteiger partial charge in [0.25, 0.3) is 0 Å². The molecule has 354 valence electrons. The van der Waals surface area contributed by atoms with Crippen molar-refractivity contribution >= 4 is 60.8 Å². The number of benzene rings is 12. The first-order chi connectivity index (χ1) is 37.7. The number of para-hydroxylation sites is 3. The van der Waals surface area contributed by atoms with Crippen LogP contribution in [0.1, 0.15) is 22.3 Å². The topological polar surface area (TPSA) is 21.3 Å². The fraction of sp³-hybridized carbons (Fsp3) is 0.0137. The molecule has 0 atom stereocenters. The van der Waals surface area contributed by atoms with Crippen LogP contribution in [0.5, 0.6) is 0 Å². The average Bonchev–Trinajstić information content (AvgIpc) is 4.29. The molecule has 0 aliphatic heterocycles. The monoisotopic (exact) mass is 966 g/mol. The molecule has 1 spiro atoms. The molecule has 0 fully saturated rings. The fourth-order valence-corrected chi connectivity index (χ4v) is 13.1. The Kier molecular flexibility index (Phi) is 9.25. The molecule has 0 saturated heterocycles. The van der Waals surface area contributed by atoms with Gasteiger partial charge in [0.2, 0.25) is 0 Å². The van der Waals surface area contributed by atoms with Gasteiger partial charge in [-0.05, 0) is 145 Å². The first-order valence-electron chi connectivity index (χ1n) is 26.2. The number of hydrogen-bond donors (Lipinski definition) is 0. The van der Waals surface area contributed by atoms with Crippen molar-refractivity contribution in [3.05, 3.63) is 301 Å². The van der Waals surface area contributed by atoms with E-state index in [0.29, 0.717) is 0 Å². The van der Waals surface area contributed by atoms with Gasteiger partial charge >= 0.3 is 0 Å². The zero-order chi connectivity index (χ0) is 49.9. The van der Waals surface area contributed by atoms with Gasteiger partial charge in [-0.1, -0.05) is 206 Å². The molecular weight excluding hydrogens is 921 g/mol. The Morgan fingerprint density at radius 1 is 0.289 bits per heavy atom. The molecule has 2 heterocycles. The maximum atomic E-state index is 6.59. The van der Waals surface area contributed by atoms with Crippen LogP contribution in [0.4, 0.5) is 17.1 Å². The van der Waals surface area contributed by atoms with E-state index in [4.69, 9.17) is 4.42 Å². The van der Waals surface area contributed by atoms with Crippen molar-refractivity contribution in [3.63, 3.8) is 0 Å². The van der Waals surface area contributed by atoms with Crippen molar-refractivity contribution in [1.29, 1.82) is 0 Å². The molecule has 0 N–H and O–H groups in total. The first-order valence-corrected chi connectivity index (χ1v) is 26.2. The van der Waals surface area contributed by atoms with Crippen molar-refractivity contribution in [2.75, 3.05) is 4.90 Å². The number of nitrogens with zero attached hydrogens (tertiary/aromatic N) is 2. The van der Waals surface area contributed by atoms with Crippen LogP contribution in [0.3, 0.4) is 0 Å². The summed E-state index contributed by atoms with van der Waals surface area (Å²) in [4.78, 5) is 2.44. The lowest BCUT2D eigenvalue weighted by atomic mass is 9.70. The molecule has 2 aliphatic rings. The summed E-state index contributed by atoms with van der Waals surface area (Å²) in [6.45, 7) is 0. The number of rotatable bonds is 7. The normalized spacial score (nSPS) is 12.8. The average molecular weight is 967 g/mol. The third-order valence-corrected chi connectivity index (χ3v) is 16.4. The summed E-state index contributed by atoms with van der Waals surface area (Å²) < 4.78 is 8.98. The smallest absolute Gasteiger partial charge is 0.143 e. The summed E-state index contributed by atoms with van der Waals surface area (Å²) in [5.41, 5.74) is 25.5. The van der Waals surface area contributed by atoms with Gasteiger partial charge in [0.15, 0.2) is 0 Å². The van der Waals surface area contributed by atoms with E-state index >= 15 is 0 Å². The maximum absolute atomic E-state index is 6.59. The molecule has 3 nitrogen and oxygen atoms in total. The second-order valence-electron chi connectivity index (χ2n) is 20.3. The van der Waals surface area contributed by atoms with E-state index in [1.807, 2.05) is 0 Å². The Bertz CT molecular complexity index is 4560. The Morgan fingerprint density at radius 2 is 0.789 bits per heavy atom. The molecule has 0 unspecified atom stereocenters. The third kappa shape index (κ3) is 6.17. The predicted octanol–water partition coefficient (Wildman–Crippen LogP) is 19.5. The zero-order valence-electron chi connectivity index (χ0n) is 41.4. The number of aromatic nitrogens is 1. The number of anilines is 3. The standard InChI is InChI=1S/C73H46N2O/c1-3-16-49(17-4-1)56-24-15-25-63-64-44-50(35-43-71(64)76-72(56)63)47-30-36-53(37-31-47)74(54-38-32-48(33-39-54)51-34-41-62-61-23-10-14-29-69(61)75(70(62)45-51)52-18-5-2-6-19-52)55-40-42-60-59-22-9-13-28-67(59)73(68(60)46-55)65-26-11-7-20-57(65)58-21-8-12-27-66(58)73/h1-46H. The molecule has 12 aromatic carbocycles. The van der Waals surface area contributed by atoms with E-state index in [9.17, 15) is 0 Å². The van der Waals surface area contributed by atoms with Crippen molar-refractivity contribution in [3.8, 4) is 61.3 Å². The van der Waals surface area contributed by atoms with E-state index in [-0.39, 0.29) is 0 Å². The highest BCUT2D eigenvalue weighted by atomic mass is 16.3. The lowest BCUT2D eigenvalue weighted by Gasteiger charge is -2.32. The molecule has 0 bridgehead atoms. The van der Waals surface area contributed by atoms with E-state index in [1.165, 1.54) is 71.9 Å². The maximum Gasteiger partial charge on any atom is 0.143 e. The van der Waals surface area contributed by atoms with Crippen LogP contribution >= 0.6 is 0 Å². The summed E-state index contributed by atoms with van der Waals surface area (Å²) in [5, 5.41) is 4.72. The van der Waals surface area contributed by atoms with E-state index in [0.717, 1.165) is 72.5 Å². The quantitative estimate of drug-likeness (QED) is 0.159. The first kappa shape index (κ1) is 42.5. The van der Waals surface area contributed by atoms with Gasteiger partial charge in [-0.25, -0.2) is 0 Å².